The van der Waals surface area contributed by atoms with E-state index >= 15 is 0 Å². The summed E-state index contributed by atoms with van der Waals surface area (Å²) in [5, 5.41) is 3.91. The van der Waals surface area contributed by atoms with Crippen molar-refractivity contribution in [1.82, 2.24) is 15.3 Å². The van der Waals surface area contributed by atoms with Crippen LogP contribution in [-0.2, 0) is 6.54 Å². The molecule has 106 valence electrons. The Kier molecular flexibility index (Phi) is 5.32. The van der Waals surface area contributed by atoms with Gasteiger partial charge in [0.25, 0.3) is 0 Å². The Labute approximate surface area is 124 Å². The lowest BCUT2D eigenvalue weighted by atomic mass is 10.2. The Hall–Kier alpha value is -1.65. The second-order valence-electron chi connectivity index (χ2n) is 4.53. The van der Waals surface area contributed by atoms with E-state index in [9.17, 15) is 0 Å². The molecule has 0 saturated heterocycles. The molecule has 1 aromatic heterocycles. The van der Waals surface area contributed by atoms with Gasteiger partial charge in [-0.05, 0) is 37.6 Å². The summed E-state index contributed by atoms with van der Waals surface area (Å²) in [5.41, 5.74) is 1.90. The van der Waals surface area contributed by atoms with Crippen molar-refractivity contribution in [3.63, 3.8) is 0 Å². The van der Waals surface area contributed by atoms with Crippen LogP contribution >= 0.6 is 11.6 Å². The van der Waals surface area contributed by atoms with Gasteiger partial charge in [-0.1, -0.05) is 24.6 Å². The summed E-state index contributed by atoms with van der Waals surface area (Å²) in [4.78, 5) is 8.57. The van der Waals surface area contributed by atoms with Gasteiger partial charge >= 0.3 is 0 Å². The molecule has 0 saturated carbocycles. The van der Waals surface area contributed by atoms with Gasteiger partial charge in [0.1, 0.15) is 5.75 Å². The smallest absolute Gasteiger partial charge is 0.237 e. The largest absolute Gasteiger partial charge is 0.437 e. The van der Waals surface area contributed by atoms with Crippen LogP contribution < -0.4 is 10.1 Å². The van der Waals surface area contributed by atoms with Gasteiger partial charge in [0.2, 0.25) is 5.88 Å². The van der Waals surface area contributed by atoms with Crippen LogP contribution in [0, 0.1) is 6.92 Å². The first-order valence-corrected chi connectivity index (χ1v) is 7.02. The molecule has 0 aliphatic rings. The zero-order chi connectivity index (χ0) is 14.4. The number of nitrogens with one attached hydrogen (secondary N) is 1. The highest BCUT2D eigenvalue weighted by atomic mass is 35.5. The number of halogens is 1. The van der Waals surface area contributed by atoms with E-state index in [2.05, 4.69) is 22.2 Å². The lowest BCUT2D eigenvalue weighted by molar-refractivity contribution is 0.455. The minimum Gasteiger partial charge on any atom is -0.437 e. The topological polar surface area (TPSA) is 47.0 Å². The molecule has 0 radical (unpaired) electrons. The van der Waals surface area contributed by atoms with Crippen LogP contribution in [0.4, 0.5) is 0 Å². The lowest BCUT2D eigenvalue weighted by Crippen LogP contribution is -2.14. The number of ether oxygens (including phenoxy) is 1. The molecule has 2 rings (SSSR count). The molecule has 0 aliphatic heterocycles. The predicted octanol–water partition coefficient (Wildman–Crippen LogP) is 3.73. The third kappa shape index (κ3) is 4.18. The molecule has 0 aliphatic carbocycles. The molecule has 0 amide bonds. The highest BCUT2D eigenvalue weighted by Gasteiger charge is 2.04. The van der Waals surface area contributed by atoms with Crippen LogP contribution in [0.3, 0.4) is 0 Å². The van der Waals surface area contributed by atoms with Crippen molar-refractivity contribution in [2.45, 2.75) is 26.8 Å². The molecule has 1 N–H and O–H groups in total. The minimum absolute atomic E-state index is 0.467. The molecule has 0 bridgehead atoms. The summed E-state index contributed by atoms with van der Waals surface area (Å²) < 4.78 is 5.69. The van der Waals surface area contributed by atoms with Gasteiger partial charge < -0.3 is 10.1 Å². The quantitative estimate of drug-likeness (QED) is 0.824. The average Bonchev–Trinajstić information content (AvgIpc) is 2.45. The fourth-order valence-corrected chi connectivity index (χ4v) is 1.84. The fourth-order valence-electron chi connectivity index (χ4n) is 1.68. The Bertz CT molecular complexity index is 558. The van der Waals surface area contributed by atoms with Crippen LogP contribution in [0.15, 0.2) is 30.6 Å². The standard InChI is InChI=1S/C15H18ClN3O/c1-3-6-17-8-13-9-19-15(10-18-13)20-14-7-12(16)5-4-11(14)2/h4-5,7,9-10,17H,3,6,8H2,1-2H3. The van der Waals surface area contributed by atoms with Crippen molar-refractivity contribution in [1.29, 1.82) is 0 Å². The van der Waals surface area contributed by atoms with Gasteiger partial charge in [-0.25, -0.2) is 4.98 Å². The average molecular weight is 292 g/mol. The summed E-state index contributed by atoms with van der Waals surface area (Å²) in [5.74, 6) is 1.17. The first-order valence-electron chi connectivity index (χ1n) is 6.64. The zero-order valence-corrected chi connectivity index (χ0v) is 12.4. The third-order valence-corrected chi connectivity index (χ3v) is 3.01. The van der Waals surface area contributed by atoms with Crippen molar-refractivity contribution < 1.29 is 4.74 Å². The number of aromatic nitrogens is 2. The number of rotatable bonds is 6. The van der Waals surface area contributed by atoms with Gasteiger partial charge in [0, 0.05) is 11.6 Å². The van der Waals surface area contributed by atoms with Crippen LogP contribution in [0.1, 0.15) is 24.6 Å². The molecular formula is C15H18ClN3O. The van der Waals surface area contributed by atoms with Crippen molar-refractivity contribution >= 4 is 11.6 Å². The van der Waals surface area contributed by atoms with E-state index in [1.165, 1.54) is 0 Å². The summed E-state index contributed by atoms with van der Waals surface area (Å²) in [6, 6.07) is 5.52. The lowest BCUT2D eigenvalue weighted by Gasteiger charge is -2.08. The van der Waals surface area contributed by atoms with E-state index in [4.69, 9.17) is 16.3 Å². The van der Waals surface area contributed by atoms with Crippen molar-refractivity contribution in [3.8, 4) is 11.6 Å². The highest BCUT2D eigenvalue weighted by molar-refractivity contribution is 6.30. The van der Waals surface area contributed by atoms with E-state index < -0.39 is 0 Å². The fraction of sp³-hybridized carbons (Fsp3) is 0.333. The molecule has 1 aromatic carbocycles. The molecule has 0 atom stereocenters. The van der Waals surface area contributed by atoms with Crippen LogP contribution in [0.2, 0.25) is 5.02 Å². The summed E-state index contributed by atoms with van der Waals surface area (Å²) in [6.07, 6.45) is 4.45. The Morgan fingerprint density at radius 2 is 2.10 bits per heavy atom. The van der Waals surface area contributed by atoms with Crippen molar-refractivity contribution in [2.75, 3.05) is 6.54 Å². The van der Waals surface area contributed by atoms with E-state index in [1.54, 1.807) is 18.5 Å². The van der Waals surface area contributed by atoms with E-state index in [0.29, 0.717) is 16.7 Å². The maximum Gasteiger partial charge on any atom is 0.237 e. The molecule has 2 aromatic rings. The summed E-state index contributed by atoms with van der Waals surface area (Å²) in [6.45, 7) is 5.78. The number of aryl methyl sites for hydroxylation is 1. The molecule has 20 heavy (non-hydrogen) atoms. The van der Waals surface area contributed by atoms with Gasteiger partial charge in [-0.15, -0.1) is 0 Å². The van der Waals surface area contributed by atoms with Crippen LogP contribution in [-0.4, -0.2) is 16.5 Å². The second kappa shape index (κ2) is 7.22. The SMILES string of the molecule is CCCNCc1cnc(Oc2cc(Cl)ccc2C)cn1. The van der Waals surface area contributed by atoms with Gasteiger partial charge in [0.15, 0.2) is 0 Å². The molecular weight excluding hydrogens is 274 g/mol. The van der Waals surface area contributed by atoms with E-state index in [-0.39, 0.29) is 0 Å². The number of hydrogen-bond donors (Lipinski definition) is 1. The third-order valence-electron chi connectivity index (χ3n) is 2.78. The van der Waals surface area contributed by atoms with Gasteiger partial charge in [-0.2, -0.15) is 0 Å². The first kappa shape index (κ1) is 14.8. The van der Waals surface area contributed by atoms with Crippen LogP contribution in [0.5, 0.6) is 11.6 Å². The maximum atomic E-state index is 5.95. The predicted molar refractivity (Wildman–Crippen MR) is 80.3 cm³/mol. The molecule has 0 spiro atoms. The van der Waals surface area contributed by atoms with Gasteiger partial charge in [-0.3, -0.25) is 4.98 Å². The van der Waals surface area contributed by atoms with Crippen molar-refractivity contribution in [3.05, 3.63) is 46.9 Å². The summed E-state index contributed by atoms with van der Waals surface area (Å²) in [7, 11) is 0. The summed E-state index contributed by atoms with van der Waals surface area (Å²) >= 11 is 5.95. The maximum absolute atomic E-state index is 5.95. The van der Waals surface area contributed by atoms with E-state index in [1.807, 2.05) is 19.1 Å². The normalized spacial score (nSPS) is 10.6. The minimum atomic E-state index is 0.467. The van der Waals surface area contributed by atoms with Gasteiger partial charge in [0.05, 0.1) is 18.1 Å². The molecule has 1 heterocycles. The van der Waals surface area contributed by atoms with E-state index in [0.717, 1.165) is 30.8 Å². The van der Waals surface area contributed by atoms with Crippen LogP contribution in [0.25, 0.3) is 0 Å². The highest BCUT2D eigenvalue weighted by Crippen LogP contribution is 2.26. The second-order valence-corrected chi connectivity index (χ2v) is 4.97. The number of hydrogen-bond acceptors (Lipinski definition) is 4. The molecule has 0 fully saturated rings. The zero-order valence-electron chi connectivity index (χ0n) is 11.7. The Morgan fingerprint density at radius 3 is 2.80 bits per heavy atom. The number of nitrogens with zero attached hydrogens (tertiary/aromatic N) is 2. The molecule has 0 unspecified atom stereocenters. The Balaban J connectivity index is 2.01. The van der Waals surface area contributed by atoms with Crippen molar-refractivity contribution in [2.24, 2.45) is 0 Å². The monoisotopic (exact) mass is 291 g/mol. The molecule has 4 nitrogen and oxygen atoms in total. The molecule has 5 heteroatoms. The first-order chi connectivity index (χ1) is 9.69. The number of benzene rings is 1. The Morgan fingerprint density at radius 1 is 1.25 bits per heavy atom.